The summed E-state index contributed by atoms with van der Waals surface area (Å²) in [4.78, 5) is 26.7. The number of rotatable bonds is 3. The number of amides is 1. The maximum absolute atomic E-state index is 12.9. The van der Waals surface area contributed by atoms with Crippen LogP contribution in [0, 0.1) is 19.8 Å². The van der Waals surface area contributed by atoms with E-state index < -0.39 is 11.7 Å². The van der Waals surface area contributed by atoms with E-state index in [1.165, 1.54) is 0 Å². The van der Waals surface area contributed by atoms with Crippen molar-refractivity contribution < 1.29 is 19.1 Å². The van der Waals surface area contributed by atoms with Crippen molar-refractivity contribution in [2.75, 3.05) is 13.1 Å². The molecule has 2 fully saturated rings. The van der Waals surface area contributed by atoms with Gasteiger partial charge in [-0.25, -0.2) is 4.79 Å². The van der Waals surface area contributed by atoms with E-state index in [1.54, 1.807) is 26.0 Å². The largest absolute Gasteiger partial charge is 0.481 e. The van der Waals surface area contributed by atoms with Crippen molar-refractivity contribution >= 4 is 16.9 Å². The van der Waals surface area contributed by atoms with Crippen LogP contribution in [0.3, 0.4) is 0 Å². The molecule has 4 rings (SSSR count). The number of carbonyl (C=O) groups is 1. The van der Waals surface area contributed by atoms with Gasteiger partial charge in [0.05, 0.1) is 5.60 Å². The number of carbonyl (C=O) groups excluding carboxylic acids is 1. The van der Waals surface area contributed by atoms with Gasteiger partial charge in [-0.3, -0.25) is 4.79 Å². The van der Waals surface area contributed by atoms with Gasteiger partial charge in [-0.15, -0.1) is 0 Å². The summed E-state index contributed by atoms with van der Waals surface area (Å²) in [6, 6.07) is 5.33. The highest BCUT2D eigenvalue weighted by molar-refractivity contribution is 5.83. The Morgan fingerprint density at radius 3 is 2.86 bits per heavy atom. The minimum absolute atomic E-state index is 0.0701. The van der Waals surface area contributed by atoms with Crippen molar-refractivity contribution in [2.24, 2.45) is 5.92 Å². The summed E-state index contributed by atoms with van der Waals surface area (Å²) >= 11 is 0. The Morgan fingerprint density at radius 2 is 2.07 bits per heavy atom. The average molecular weight is 399 g/mol. The molecule has 2 aliphatic rings. The van der Waals surface area contributed by atoms with Crippen molar-refractivity contribution in [1.82, 2.24) is 4.90 Å². The zero-order valence-corrected chi connectivity index (χ0v) is 17.4. The van der Waals surface area contributed by atoms with Crippen LogP contribution in [0.4, 0.5) is 0 Å². The molecule has 6 nitrogen and oxygen atoms in total. The Morgan fingerprint density at radius 1 is 1.28 bits per heavy atom. The number of fused-ring (bicyclic) bond motifs is 2. The van der Waals surface area contributed by atoms with Gasteiger partial charge in [-0.05, 0) is 57.7 Å². The summed E-state index contributed by atoms with van der Waals surface area (Å²) in [5.41, 5.74) is 0.984. The second-order valence-electron chi connectivity index (χ2n) is 8.64. The highest BCUT2D eigenvalue weighted by Crippen LogP contribution is 2.40. The number of piperidine rings is 1. The van der Waals surface area contributed by atoms with Crippen molar-refractivity contribution in [3.05, 3.63) is 39.7 Å². The minimum Gasteiger partial charge on any atom is -0.481 e. The number of nitrogens with zero attached hydrogens (tertiary/aromatic N) is 1. The van der Waals surface area contributed by atoms with E-state index in [-0.39, 0.29) is 17.5 Å². The topological polar surface area (TPSA) is 80.0 Å². The van der Waals surface area contributed by atoms with E-state index in [9.17, 15) is 14.7 Å². The Hall–Kier alpha value is -2.34. The third-order valence-corrected chi connectivity index (χ3v) is 6.83. The molecule has 2 heterocycles. The molecule has 2 aromatic rings. The van der Waals surface area contributed by atoms with Gasteiger partial charge in [0.15, 0.2) is 6.10 Å². The molecule has 1 amide bonds. The normalized spacial score (nSPS) is 25.5. The van der Waals surface area contributed by atoms with Crippen LogP contribution in [-0.4, -0.2) is 40.7 Å². The van der Waals surface area contributed by atoms with Crippen LogP contribution in [0.2, 0.25) is 0 Å². The van der Waals surface area contributed by atoms with E-state index >= 15 is 0 Å². The lowest BCUT2D eigenvalue weighted by atomic mass is 9.71. The third kappa shape index (κ3) is 3.66. The monoisotopic (exact) mass is 399 g/mol. The molecule has 0 radical (unpaired) electrons. The fourth-order valence-electron chi connectivity index (χ4n) is 4.78. The lowest BCUT2D eigenvalue weighted by molar-refractivity contribution is -0.149. The third-order valence-electron chi connectivity index (χ3n) is 6.83. The fraction of sp³-hybridized carbons (Fsp3) is 0.565. The minimum atomic E-state index is -0.652. The molecular weight excluding hydrogens is 370 g/mol. The van der Waals surface area contributed by atoms with Crippen molar-refractivity contribution in [3.8, 4) is 5.75 Å². The van der Waals surface area contributed by atoms with Gasteiger partial charge in [0.2, 0.25) is 0 Å². The van der Waals surface area contributed by atoms with Crippen LogP contribution < -0.4 is 10.4 Å². The Kier molecular flexibility index (Phi) is 5.15. The van der Waals surface area contributed by atoms with Crippen LogP contribution in [0.5, 0.6) is 5.75 Å². The molecule has 1 aromatic heterocycles. The standard InChI is InChI=1S/C23H29NO5/c1-14-15(2)22(26)29-20-12-18(7-8-19(14)20)28-16(3)21(25)24-11-10-23(27)9-5-4-6-17(23)13-24/h7-8,12,16-17,27H,4-6,9-11,13H2,1-3H3/t16-,17+,23+/m0/s1. The molecule has 29 heavy (non-hydrogen) atoms. The molecule has 0 bridgehead atoms. The van der Waals surface area contributed by atoms with Gasteiger partial charge in [0.1, 0.15) is 11.3 Å². The molecule has 156 valence electrons. The first-order valence-corrected chi connectivity index (χ1v) is 10.5. The Labute approximate surface area is 170 Å². The molecule has 6 heteroatoms. The molecule has 0 spiro atoms. The van der Waals surface area contributed by atoms with Gasteiger partial charge < -0.3 is 19.2 Å². The second-order valence-corrected chi connectivity index (χ2v) is 8.64. The molecule has 3 atom stereocenters. The van der Waals surface area contributed by atoms with Crippen molar-refractivity contribution in [1.29, 1.82) is 0 Å². The van der Waals surface area contributed by atoms with Crippen LogP contribution in [0.25, 0.3) is 11.0 Å². The van der Waals surface area contributed by atoms with Crippen molar-refractivity contribution in [2.45, 2.75) is 64.6 Å². The summed E-state index contributed by atoms with van der Waals surface area (Å²) in [5.74, 6) is 0.581. The molecule has 1 aliphatic heterocycles. The van der Waals surface area contributed by atoms with Crippen molar-refractivity contribution in [3.63, 3.8) is 0 Å². The van der Waals surface area contributed by atoms with E-state index in [0.717, 1.165) is 36.6 Å². The lowest BCUT2D eigenvalue weighted by Crippen LogP contribution is -2.56. The van der Waals surface area contributed by atoms with Gasteiger partial charge in [0.25, 0.3) is 5.91 Å². The molecule has 1 saturated carbocycles. The number of benzene rings is 1. The van der Waals surface area contributed by atoms with E-state index in [0.29, 0.717) is 36.4 Å². The molecule has 1 aliphatic carbocycles. The SMILES string of the molecule is Cc1c(C)c2ccc(O[C@@H](C)C(=O)N3CC[C@]4(O)CCCC[C@@H]4C3)cc2oc1=O. The second kappa shape index (κ2) is 7.48. The predicted octanol–water partition coefficient (Wildman–Crippen LogP) is 3.33. The highest BCUT2D eigenvalue weighted by Gasteiger charge is 2.44. The van der Waals surface area contributed by atoms with E-state index in [1.807, 2.05) is 17.9 Å². The number of hydrogen-bond donors (Lipinski definition) is 1. The van der Waals surface area contributed by atoms with Gasteiger partial charge in [-0.1, -0.05) is 12.8 Å². The number of hydrogen-bond acceptors (Lipinski definition) is 5. The number of aryl methyl sites for hydroxylation is 1. The molecule has 1 N–H and O–H groups in total. The first-order valence-electron chi connectivity index (χ1n) is 10.5. The summed E-state index contributed by atoms with van der Waals surface area (Å²) in [5, 5.41) is 11.7. The number of ether oxygens (including phenoxy) is 1. The Bertz CT molecular complexity index is 997. The van der Waals surface area contributed by atoms with Gasteiger partial charge in [0, 0.05) is 36.0 Å². The summed E-state index contributed by atoms with van der Waals surface area (Å²) in [6.45, 7) is 6.53. The number of aliphatic hydroxyl groups is 1. The lowest BCUT2D eigenvalue weighted by Gasteiger charge is -2.47. The summed E-state index contributed by atoms with van der Waals surface area (Å²) in [7, 11) is 0. The highest BCUT2D eigenvalue weighted by atomic mass is 16.5. The zero-order valence-electron chi connectivity index (χ0n) is 17.4. The van der Waals surface area contributed by atoms with Crippen LogP contribution in [0.1, 0.15) is 50.2 Å². The predicted molar refractivity (Wildman–Crippen MR) is 110 cm³/mol. The molecule has 1 saturated heterocycles. The van der Waals surface area contributed by atoms with Crippen LogP contribution >= 0.6 is 0 Å². The quantitative estimate of drug-likeness (QED) is 0.801. The van der Waals surface area contributed by atoms with Crippen LogP contribution in [-0.2, 0) is 4.79 Å². The number of likely N-dealkylation sites (tertiary alicyclic amines) is 1. The first kappa shape index (κ1) is 20.0. The van der Waals surface area contributed by atoms with Crippen LogP contribution in [0.15, 0.2) is 27.4 Å². The smallest absolute Gasteiger partial charge is 0.339 e. The first-order chi connectivity index (χ1) is 13.8. The zero-order chi connectivity index (χ0) is 20.8. The molecule has 1 aromatic carbocycles. The van der Waals surface area contributed by atoms with Gasteiger partial charge >= 0.3 is 5.63 Å². The molecule has 0 unspecified atom stereocenters. The maximum atomic E-state index is 12.9. The molecular formula is C23H29NO5. The van der Waals surface area contributed by atoms with E-state index in [2.05, 4.69) is 0 Å². The fourth-order valence-corrected chi connectivity index (χ4v) is 4.78. The average Bonchev–Trinajstić information content (AvgIpc) is 2.70. The summed E-state index contributed by atoms with van der Waals surface area (Å²) < 4.78 is 11.3. The maximum Gasteiger partial charge on any atom is 0.339 e. The van der Waals surface area contributed by atoms with E-state index in [4.69, 9.17) is 9.15 Å². The summed E-state index contributed by atoms with van der Waals surface area (Å²) in [6.07, 6.45) is 3.97. The van der Waals surface area contributed by atoms with Gasteiger partial charge in [-0.2, -0.15) is 0 Å². The Balaban J connectivity index is 1.47.